The van der Waals surface area contributed by atoms with Crippen molar-refractivity contribution < 1.29 is 0 Å². The molecule has 2 aromatic rings. The molecule has 1 aromatic heterocycles. The van der Waals surface area contributed by atoms with Gasteiger partial charge in [-0.3, -0.25) is 4.99 Å². The van der Waals surface area contributed by atoms with Crippen LogP contribution >= 0.6 is 39.9 Å². The van der Waals surface area contributed by atoms with Gasteiger partial charge in [-0.1, -0.05) is 22.0 Å². The minimum atomic E-state index is 0. The fourth-order valence-electron chi connectivity index (χ4n) is 3.29. The van der Waals surface area contributed by atoms with Gasteiger partial charge in [0.2, 0.25) is 0 Å². The van der Waals surface area contributed by atoms with Gasteiger partial charge >= 0.3 is 0 Å². The molecule has 0 bridgehead atoms. The van der Waals surface area contributed by atoms with Gasteiger partial charge in [0.1, 0.15) is 5.82 Å². The largest absolute Gasteiger partial charge is 0.370 e. The quantitative estimate of drug-likeness (QED) is 0.192. The lowest BCUT2D eigenvalue weighted by Gasteiger charge is -2.20. The predicted molar refractivity (Wildman–Crippen MR) is 137 cm³/mol. The van der Waals surface area contributed by atoms with Crippen LogP contribution in [-0.2, 0) is 0 Å². The van der Waals surface area contributed by atoms with Gasteiger partial charge in [-0.05, 0) is 55.7 Å². The fourth-order valence-corrected chi connectivity index (χ4v) is 3.56. The molecule has 0 radical (unpaired) electrons. The maximum absolute atomic E-state index is 4.37. The third-order valence-corrected chi connectivity index (χ3v) is 5.34. The molecule has 0 aliphatic carbocycles. The summed E-state index contributed by atoms with van der Waals surface area (Å²) >= 11 is 3.50. The third-order valence-electron chi connectivity index (χ3n) is 4.81. The number of anilines is 2. The number of unbranched alkanes of at least 4 members (excludes halogenated alkanes) is 1. The van der Waals surface area contributed by atoms with E-state index in [2.05, 4.69) is 71.0 Å². The van der Waals surface area contributed by atoms with Crippen LogP contribution in [0.4, 0.5) is 11.5 Å². The molecule has 158 valence electrons. The Kier molecular flexibility index (Phi) is 10.5. The minimum absolute atomic E-state index is 0. The van der Waals surface area contributed by atoms with Crippen molar-refractivity contribution in [2.75, 3.05) is 43.4 Å². The molecule has 3 rings (SSSR count). The number of hydrogen-bond donors (Lipinski definition) is 3. The van der Waals surface area contributed by atoms with Gasteiger partial charge in [0.25, 0.3) is 0 Å². The van der Waals surface area contributed by atoms with Crippen LogP contribution in [-0.4, -0.2) is 50.2 Å². The molecular weight excluding hydrogens is 543 g/mol. The Labute approximate surface area is 199 Å². The SMILES string of the molecule is CN=C(NCCCCNc1ccccn1)NC1CCN(c2ccc(Br)cc2)C1.I. The zero-order valence-corrected chi connectivity index (χ0v) is 20.7. The second-order valence-corrected chi connectivity index (χ2v) is 7.82. The van der Waals surface area contributed by atoms with Crippen molar-refractivity contribution in [1.29, 1.82) is 0 Å². The standard InChI is InChI=1S/C21H29BrN6.HI/c1-23-21(26-14-5-4-13-25-20-6-2-3-12-24-20)27-18-11-15-28(16-18)19-9-7-17(22)8-10-19;/h2-3,6-10,12,18H,4-5,11,13-16H2,1H3,(H,24,25)(H2,23,26,27);1H. The molecule has 0 spiro atoms. The Morgan fingerprint density at radius 2 is 1.97 bits per heavy atom. The Hall–Kier alpha value is -1.55. The highest BCUT2D eigenvalue weighted by Gasteiger charge is 2.23. The number of rotatable bonds is 8. The summed E-state index contributed by atoms with van der Waals surface area (Å²) in [6.07, 6.45) is 5.09. The number of benzene rings is 1. The monoisotopic (exact) mass is 572 g/mol. The molecule has 1 aromatic carbocycles. The molecule has 3 N–H and O–H groups in total. The third kappa shape index (κ3) is 8.00. The topological polar surface area (TPSA) is 64.6 Å². The van der Waals surface area contributed by atoms with Crippen LogP contribution in [0.5, 0.6) is 0 Å². The first-order valence-electron chi connectivity index (χ1n) is 9.87. The van der Waals surface area contributed by atoms with E-state index >= 15 is 0 Å². The van der Waals surface area contributed by atoms with E-state index in [0.717, 1.165) is 61.7 Å². The van der Waals surface area contributed by atoms with Crippen LogP contribution < -0.4 is 20.9 Å². The van der Waals surface area contributed by atoms with Gasteiger partial charge in [-0.25, -0.2) is 4.98 Å². The Morgan fingerprint density at radius 3 is 2.69 bits per heavy atom. The van der Waals surface area contributed by atoms with Crippen molar-refractivity contribution in [1.82, 2.24) is 15.6 Å². The Bertz CT molecular complexity index is 741. The second kappa shape index (κ2) is 12.9. The number of halogens is 2. The zero-order chi connectivity index (χ0) is 19.6. The molecular formula is C21H30BrIN6. The summed E-state index contributed by atoms with van der Waals surface area (Å²) in [5, 5.41) is 10.3. The molecule has 29 heavy (non-hydrogen) atoms. The van der Waals surface area contributed by atoms with E-state index in [1.54, 1.807) is 6.20 Å². The van der Waals surface area contributed by atoms with E-state index in [-0.39, 0.29) is 24.0 Å². The second-order valence-electron chi connectivity index (χ2n) is 6.90. The zero-order valence-electron chi connectivity index (χ0n) is 16.8. The lowest BCUT2D eigenvalue weighted by Crippen LogP contribution is -2.44. The summed E-state index contributed by atoms with van der Waals surface area (Å²) in [7, 11) is 1.83. The summed E-state index contributed by atoms with van der Waals surface area (Å²) in [6.45, 7) is 3.90. The molecule has 1 saturated heterocycles. The van der Waals surface area contributed by atoms with E-state index < -0.39 is 0 Å². The normalized spacial score (nSPS) is 16.3. The van der Waals surface area contributed by atoms with Crippen molar-refractivity contribution >= 4 is 57.4 Å². The maximum Gasteiger partial charge on any atom is 0.191 e. The number of aliphatic imine (C=N–C) groups is 1. The first-order valence-corrected chi connectivity index (χ1v) is 10.7. The van der Waals surface area contributed by atoms with E-state index in [1.807, 2.05) is 25.2 Å². The van der Waals surface area contributed by atoms with E-state index in [4.69, 9.17) is 0 Å². The smallest absolute Gasteiger partial charge is 0.191 e. The van der Waals surface area contributed by atoms with Crippen LogP contribution in [0, 0.1) is 0 Å². The van der Waals surface area contributed by atoms with Gasteiger partial charge in [-0.15, -0.1) is 24.0 Å². The van der Waals surface area contributed by atoms with Gasteiger partial charge in [-0.2, -0.15) is 0 Å². The van der Waals surface area contributed by atoms with Crippen LogP contribution in [0.15, 0.2) is 58.1 Å². The van der Waals surface area contributed by atoms with Crippen LogP contribution in [0.2, 0.25) is 0 Å². The number of nitrogens with zero attached hydrogens (tertiary/aromatic N) is 3. The first kappa shape index (κ1) is 23.7. The molecule has 1 aliphatic heterocycles. The van der Waals surface area contributed by atoms with Crippen molar-refractivity contribution in [2.24, 2.45) is 4.99 Å². The lowest BCUT2D eigenvalue weighted by atomic mass is 10.2. The number of hydrogen-bond acceptors (Lipinski definition) is 4. The summed E-state index contributed by atoms with van der Waals surface area (Å²) < 4.78 is 1.12. The molecule has 1 aliphatic rings. The van der Waals surface area contributed by atoms with Crippen LogP contribution in [0.1, 0.15) is 19.3 Å². The maximum atomic E-state index is 4.37. The summed E-state index contributed by atoms with van der Waals surface area (Å²) in [4.78, 5) is 11.1. The van der Waals surface area contributed by atoms with Gasteiger partial charge in [0.05, 0.1) is 0 Å². The van der Waals surface area contributed by atoms with Crippen molar-refractivity contribution in [3.05, 3.63) is 53.1 Å². The number of nitrogens with one attached hydrogen (secondary N) is 3. The number of pyridine rings is 1. The van der Waals surface area contributed by atoms with Crippen LogP contribution in [0.25, 0.3) is 0 Å². The fraction of sp³-hybridized carbons (Fsp3) is 0.429. The van der Waals surface area contributed by atoms with Gasteiger partial charge < -0.3 is 20.9 Å². The number of guanidine groups is 1. The Morgan fingerprint density at radius 1 is 1.17 bits per heavy atom. The summed E-state index contributed by atoms with van der Waals surface area (Å²) in [6, 6.07) is 14.9. The van der Waals surface area contributed by atoms with Gasteiger partial charge in [0.15, 0.2) is 5.96 Å². The van der Waals surface area contributed by atoms with Gasteiger partial charge in [0, 0.05) is 55.6 Å². The molecule has 8 heteroatoms. The van der Waals surface area contributed by atoms with E-state index in [0.29, 0.717) is 6.04 Å². The molecule has 0 amide bonds. The first-order chi connectivity index (χ1) is 13.7. The molecule has 1 atom stereocenters. The highest BCUT2D eigenvalue weighted by atomic mass is 127. The van der Waals surface area contributed by atoms with Crippen molar-refractivity contribution in [2.45, 2.75) is 25.3 Å². The van der Waals surface area contributed by atoms with E-state index in [1.165, 1.54) is 5.69 Å². The predicted octanol–water partition coefficient (Wildman–Crippen LogP) is 4.10. The van der Waals surface area contributed by atoms with Crippen molar-refractivity contribution in [3.63, 3.8) is 0 Å². The minimum Gasteiger partial charge on any atom is -0.370 e. The van der Waals surface area contributed by atoms with Crippen LogP contribution in [0.3, 0.4) is 0 Å². The number of aromatic nitrogens is 1. The highest BCUT2D eigenvalue weighted by molar-refractivity contribution is 14.0. The molecule has 6 nitrogen and oxygen atoms in total. The average Bonchev–Trinajstić information content (AvgIpc) is 3.19. The van der Waals surface area contributed by atoms with E-state index in [9.17, 15) is 0 Å². The lowest BCUT2D eigenvalue weighted by molar-refractivity contribution is 0.639. The molecule has 2 heterocycles. The molecule has 1 unspecified atom stereocenters. The summed E-state index contributed by atoms with van der Waals surface area (Å²) in [5.41, 5.74) is 1.27. The molecule has 0 saturated carbocycles. The Balaban J connectivity index is 0.00000300. The summed E-state index contributed by atoms with van der Waals surface area (Å²) in [5.74, 6) is 1.82. The average molecular weight is 573 g/mol. The molecule has 1 fully saturated rings. The highest BCUT2D eigenvalue weighted by Crippen LogP contribution is 2.22. The van der Waals surface area contributed by atoms with Crippen molar-refractivity contribution in [3.8, 4) is 0 Å².